The molecule has 3 aliphatic heterocycles. The predicted molar refractivity (Wildman–Crippen MR) is 122 cm³/mol. The highest BCUT2D eigenvalue weighted by atomic mass is 19.1. The zero-order chi connectivity index (χ0) is 24.0. The number of likely N-dealkylation sites (tertiary alicyclic amines) is 1. The van der Waals surface area contributed by atoms with Crippen LogP contribution in [0.5, 0.6) is 0 Å². The molecule has 0 aliphatic carbocycles. The molecule has 0 saturated carbocycles. The molecule has 3 fully saturated rings. The third kappa shape index (κ3) is 3.86. The second-order valence-corrected chi connectivity index (χ2v) is 9.15. The van der Waals surface area contributed by atoms with Gasteiger partial charge < -0.3 is 19.0 Å². The lowest BCUT2D eigenvalue weighted by Crippen LogP contribution is -2.52. The van der Waals surface area contributed by atoms with Gasteiger partial charge in [0.05, 0.1) is 11.9 Å². The maximum atomic E-state index is 14.0. The zero-order valence-electron chi connectivity index (χ0n) is 18.9. The number of hydrogen-bond donors (Lipinski definition) is 0. The molecule has 0 N–H and O–H groups in total. The van der Waals surface area contributed by atoms with Crippen LogP contribution in [-0.4, -0.2) is 52.6 Å². The van der Waals surface area contributed by atoms with Crippen LogP contribution in [0.15, 0.2) is 70.7 Å². The van der Waals surface area contributed by atoms with Gasteiger partial charge in [0.15, 0.2) is 11.4 Å². The summed E-state index contributed by atoms with van der Waals surface area (Å²) in [6, 6.07) is 8.78. The molecule has 1 aromatic carbocycles. The number of hydrogen-bond acceptors (Lipinski definition) is 4. The van der Waals surface area contributed by atoms with Gasteiger partial charge in [0.25, 0.3) is 11.8 Å². The van der Waals surface area contributed by atoms with Crippen LogP contribution in [-0.2, 0) is 9.53 Å². The van der Waals surface area contributed by atoms with Crippen LogP contribution >= 0.6 is 0 Å². The number of allylic oxidation sites excluding steroid dienone is 3. The van der Waals surface area contributed by atoms with Crippen LogP contribution in [0, 0.1) is 0 Å². The lowest BCUT2D eigenvalue weighted by molar-refractivity contribution is -0.142. The van der Waals surface area contributed by atoms with Crippen molar-refractivity contribution in [1.82, 2.24) is 9.80 Å². The van der Waals surface area contributed by atoms with Gasteiger partial charge in [-0.05, 0) is 43.5 Å². The van der Waals surface area contributed by atoms with Crippen molar-refractivity contribution in [2.75, 3.05) is 13.1 Å². The maximum absolute atomic E-state index is 14.0. The molecule has 0 bridgehead atoms. The van der Waals surface area contributed by atoms with Crippen LogP contribution < -0.4 is 0 Å². The Hall–Kier alpha value is -3.26. The van der Waals surface area contributed by atoms with E-state index in [4.69, 9.17) is 9.15 Å². The number of carbonyl (C=O) groups is 2. The third-order valence-electron chi connectivity index (χ3n) is 6.90. The first-order valence-electron chi connectivity index (χ1n) is 11.5. The minimum Gasteiger partial charge on any atom is -0.451 e. The van der Waals surface area contributed by atoms with E-state index in [0.717, 1.165) is 18.4 Å². The lowest BCUT2D eigenvalue weighted by Gasteiger charge is -2.37. The van der Waals surface area contributed by atoms with Gasteiger partial charge in [0.2, 0.25) is 0 Å². The van der Waals surface area contributed by atoms with Gasteiger partial charge in [-0.25, -0.2) is 8.78 Å². The molecule has 1 spiro atoms. The number of carbonyl (C=O) groups excluding carboxylic acids is 2. The predicted octanol–water partition coefficient (Wildman–Crippen LogP) is 5.04. The van der Waals surface area contributed by atoms with Crippen molar-refractivity contribution in [2.45, 2.75) is 50.5 Å². The molecule has 4 heterocycles. The van der Waals surface area contributed by atoms with E-state index < -0.39 is 29.5 Å². The van der Waals surface area contributed by atoms with Gasteiger partial charge in [-0.2, -0.15) is 0 Å². The summed E-state index contributed by atoms with van der Waals surface area (Å²) in [6.45, 7) is 5.81. The number of nitrogens with zero attached hydrogens (tertiary/aromatic N) is 2. The number of para-hydroxylation sites is 1. The Morgan fingerprint density at radius 1 is 1.18 bits per heavy atom. The van der Waals surface area contributed by atoms with E-state index in [-0.39, 0.29) is 17.6 Å². The summed E-state index contributed by atoms with van der Waals surface area (Å²) in [7, 11) is 0. The van der Waals surface area contributed by atoms with E-state index in [2.05, 4.69) is 6.58 Å². The molecule has 5 rings (SSSR count). The first-order chi connectivity index (χ1) is 16.3. The molecule has 8 heteroatoms. The third-order valence-corrected chi connectivity index (χ3v) is 6.90. The van der Waals surface area contributed by atoms with Crippen molar-refractivity contribution < 1.29 is 27.5 Å². The number of piperidine rings is 1. The Morgan fingerprint density at radius 2 is 1.91 bits per heavy atom. The maximum Gasteiger partial charge on any atom is 0.289 e. The van der Waals surface area contributed by atoms with Crippen molar-refractivity contribution in [3.63, 3.8) is 0 Å². The first-order valence-corrected chi connectivity index (χ1v) is 11.5. The van der Waals surface area contributed by atoms with E-state index in [1.807, 2.05) is 24.3 Å². The first kappa shape index (κ1) is 22.5. The fourth-order valence-corrected chi connectivity index (χ4v) is 5.23. The molecule has 178 valence electrons. The topological polar surface area (TPSA) is 63.0 Å². The van der Waals surface area contributed by atoms with Gasteiger partial charge in [0.1, 0.15) is 17.6 Å². The highest BCUT2D eigenvalue weighted by molar-refractivity contribution is 5.96. The number of rotatable bonds is 4. The van der Waals surface area contributed by atoms with Gasteiger partial charge in [-0.1, -0.05) is 24.8 Å². The largest absolute Gasteiger partial charge is 0.451 e. The molecule has 3 aliphatic rings. The fraction of sp³-hybridized carbons (Fsp3) is 0.385. The second-order valence-electron chi connectivity index (χ2n) is 9.15. The van der Waals surface area contributed by atoms with Crippen LogP contribution in [0.3, 0.4) is 0 Å². The van der Waals surface area contributed by atoms with Gasteiger partial charge in [-0.3, -0.25) is 9.59 Å². The number of ether oxygens (including phenoxy) is 1. The average molecular weight is 469 g/mol. The molecular weight excluding hydrogens is 442 g/mol. The number of amides is 2. The van der Waals surface area contributed by atoms with Crippen LogP contribution in [0.1, 0.15) is 43.2 Å². The van der Waals surface area contributed by atoms with Crippen molar-refractivity contribution in [3.8, 4) is 0 Å². The Labute approximate surface area is 196 Å². The lowest BCUT2D eigenvalue weighted by atomic mass is 9.89. The summed E-state index contributed by atoms with van der Waals surface area (Å²) >= 11 is 0. The molecule has 34 heavy (non-hydrogen) atoms. The highest BCUT2D eigenvalue weighted by Crippen LogP contribution is 2.44. The van der Waals surface area contributed by atoms with Crippen molar-refractivity contribution in [1.29, 1.82) is 0 Å². The molecule has 2 atom stereocenters. The number of benzene rings is 1. The van der Waals surface area contributed by atoms with E-state index in [0.29, 0.717) is 49.9 Å². The normalized spacial score (nSPS) is 24.9. The van der Waals surface area contributed by atoms with Gasteiger partial charge in [0, 0.05) is 37.4 Å². The fourth-order valence-electron chi connectivity index (χ4n) is 5.23. The Morgan fingerprint density at radius 3 is 2.62 bits per heavy atom. The van der Waals surface area contributed by atoms with E-state index in [1.54, 1.807) is 15.9 Å². The second kappa shape index (κ2) is 8.51. The average Bonchev–Trinajstić information content (AvgIpc) is 3.47. The summed E-state index contributed by atoms with van der Waals surface area (Å²) in [4.78, 5) is 29.8. The minimum absolute atomic E-state index is 0.150. The van der Waals surface area contributed by atoms with Crippen LogP contribution in [0.4, 0.5) is 8.78 Å². The molecule has 1 aromatic heterocycles. The summed E-state index contributed by atoms with van der Waals surface area (Å²) in [5.41, 5.74) is 0.0681. The van der Waals surface area contributed by atoms with E-state index in [1.165, 1.54) is 6.08 Å². The van der Waals surface area contributed by atoms with Gasteiger partial charge >= 0.3 is 0 Å². The van der Waals surface area contributed by atoms with Crippen LogP contribution in [0.25, 0.3) is 11.0 Å². The molecule has 6 nitrogen and oxygen atoms in total. The molecule has 2 aromatic rings. The minimum atomic E-state index is -0.994. The SMILES string of the molecule is C=C(/C=C(F)\C=C(/C)F)[C@@H]1CC[C@H]2OC3(CCN(C(=O)c4cc5ccccc5o4)CC3)C(=O)N21. The smallest absolute Gasteiger partial charge is 0.289 e. The Kier molecular flexibility index (Phi) is 5.64. The van der Waals surface area contributed by atoms with Crippen molar-refractivity contribution in [3.05, 3.63) is 72.0 Å². The molecule has 3 saturated heterocycles. The molecule has 0 radical (unpaired) electrons. The molecular formula is C26H26F2N2O4. The monoisotopic (exact) mass is 468 g/mol. The number of furan rings is 1. The summed E-state index contributed by atoms with van der Waals surface area (Å²) in [5.74, 6) is -1.47. The van der Waals surface area contributed by atoms with E-state index in [9.17, 15) is 18.4 Å². The summed E-state index contributed by atoms with van der Waals surface area (Å²) < 4.78 is 38.9. The summed E-state index contributed by atoms with van der Waals surface area (Å²) in [6.07, 6.45) is 3.52. The Bertz CT molecular complexity index is 1190. The molecule has 2 amide bonds. The Balaban J connectivity index is 1.27. The van der Waals surface area contributed by atoms with Crippen molar-refractivity contribution >= 4 is 22.8 Å². The van der Waals surface area contributed by atoms with Crippen LogP contribution in [0.2, 0.25) is 0 Å². The summed E-state index contributed by atoms with van der Waals surface area (Å²) in [5, 5.41) is 0.864. The van der Waals surface area contributed by atoms with Gasteiger partial charge in [-0.15, -0.1) is 0 Å². The quantitative estimate of drug-likeness (QED) is 0.590. The number of halogens is 2. The van der Waals surface area contributed by atoms with Crippen molar-refractivity contribution in [2.24, 2.45) is 0 Å². The zero-order valence-corrected chi connectivity index (χ0v) is 18.9. The molecule has 0 unspecified atom stereocenters. The highest BCUT2D eigenvalue weighted by Gasteiger charge is 2.58. The van der Waals surface area contributed by atoms with E-state index >= 15 is 0 Å². The number of fused-ring (bicyclic) bond motifs is 2. The standard InChI is InChI=1S/C26H26F2N2O4/c1-16(13-19(28)14-17(2)27)20-7-8-23-30(20)25(32)26(34-23)9-11-29(12-10-26)24(31)22-15-18-5-3-4-6-21(18)33-22/h3-6,13-15,20,23H,1,7-12H2,2H3/b17-14+,19-13+/t20-,23+/m0/s1.